The highest BCUT2D eigenvalue weighted by molar-refractivity contribution is 5.91. The van der Waals surface area contributed by atoms with Gasteiger partial charge in [-0.1, -0.05) is 18.2 Å². The van der Waals surface area contributed by atoms with Crippen molar-refractivity contribution in [1.29, 1.82) is 0 Å². The summed E-state index contributed by atoms with van der Waals surface area (Å²) in [7, 11) is 0. The average Bonchev–Trinajstić information content (AvgIpc) is 3.53. The first-order valence-corrected chi connectivity index (χ1v) is 10.4. The number of carbonyl (C=O) groups is 1. The van der Waals surface area contributed by atoms with Crippen LogP contribution in [-0.2, 0) is 4.79 Å². The Labute approximate surface area is 166 Å². The zero-order valence-corrected chi connectivity index (χ0v) is 16.5. The van der Waals surface area contributed by atoms with Gasteiger partial charge in [0.25, 0.3) is 0 Å². The second-order valence-electron chi connectivity index (χ2n) is 8.04. The average molecular weight is 380 g/mol. The van der Waals surface area contributed by atoms with E-state index in [9.17, 15) is 4.79 Å². The Morgan fingerprint density at radius 1 is 1.21 bits per heavy atom. The number of hydrogen-bond acceptors (Lipinski definition) is 5. The third-order valence-corrected chi connectivity index (χ3v) is 5.62. The Balaban J connectivity index is 1.29. The molecule has 1 aliphatic carbocycles. The number of para-hydroxylation sites is 1. The van der Waals surface area contributed by atoms with Gasteiger partial charge in [-0.3, -0.25) is 4.79 Å². The van der Waals surface area contributed by atoms with Crippen LogP contribution in [0.15, 0.2) is 36.7 Å². The molecule has 0 radical (unpaired) electrons. The Bertz CT molecular complexity index is 820. The molecular weight excluding hydrogens is 350 g/mol. The lowest BCUT2D eigenvalue weighted by molar-refractivity contribution is -0.116. The second-order valence-corrected chi connectivity index (χ2v) is 8.04. The number of amides is 1. The van der Waals surface area contributed by atoms with Gasteiger partial charge in [0.1, 0.15) is 18.0 Å². The first-order chi connectivity index (χ1) is 13.7. The Morgan fingerprint density at radius 3 is 2.89 bits per heavy atom. The molecule has 4 rings (SSSR count). The van der Waals surface area contributed by atoms with Crippen molar-refractivity contribution in [1.82, 2.24) is 9.97 Å². The largest absolute Gasteiger partial charge is 0.367 e. The van der Waals surface area contributed by atoms with Crippen molar-refractivity contribution >= 4 is 23.2 Å². The number of aryl methyl sites for hydroxylation is 1. The van der Waals surface area contributed by atoms with E-state index in [-0.39, 0.29) is 5.91 Å². The zero-order chi connectivity index (χ0) is 19.3. The lowest BCUT2D eigenvalue weighted by atomic mass is 9.93. The van der Waals surface area contributed by atoms with Crippen LogP contribution >= 0.6 is 0 Å². The monoisotopic (exact) mass is 379 g/mol. The van der Waals surface area contributed by atoms with E-state index in [1.807, 2.05) is 31.2 Å². The maximum atomic E-state index is 12.4. The van der Waals surface area contributed by atoms with Crippen molar-refractivity contribution < 1.29 is 4.79 Å². The number of rotatable bonds is 7. The molecule has 1 aliphatic heterocycles. The Morgan fingerprint density at radius 2 is 2.07 bits per heavy atom. The Hall–Kier alpha value is -2.63. The molecule has 1 aromatic heterocycles. The number of carbonyl (C=O) groups excluding carboxylic acids is 1. The standard InChI is InChI=1S/C22H29N5O/c1-16-5-2-3-7-19(16)26-22(28)11-8-17-6-4-12-27(14-17)21-13-20(23-15-24-21)25-18-9-10-18/h2-3,5,7,13,15,17-18H,4,6,8-12,14H2,1H3,(H,26,28)(H,23,24,25)/t17-/m0/s1. The van der Waals surface area contributed by atoms with E-state index in [1.165, 1.54) is 19.3 Å². The first-order valence-electron chi connectivity index (χ1n) is 10.4. The predicted octanol–water partition coefficient (Wildman–Crippen LogP) is 3.99. The van der Waals surface area contributed by atoms with Crippen LogP contribution in [0.2, 0.25) is 0 Å². The highest BCUT2D eigenvalue weighted by Crippen LogP contribution is 2.28. The number of hydrogen-bond donors (Lipinski definition) is 2. The minimum Gasteiger partial charge on any atom is -0.367 e. The van der Waals surface area contributed by atoms with Gasteiger partial charge in [0, 0.05) is 37.3 Å². The van der Waals surface area contributed by atoms with Crippen molar-refractivity contribution in [2.45, 2.75) is 51.5 Å². The second kappa shape index (κ2) is 8.59. The fraction of sp³-hybridized carbons (Fsp3) is 0.500. The van der Waals surface area contributed by atoms with Crippen LogP contribution in [0.4, 0.5) is 17.3 Å². The van der Waals surface area contributed by atoms with Gasteiger partial charge in [-0.25, -0.2) is 9.97 Å². The van der Waals surface area contributed by atoms with Gasteiger partial charge in [0.2, 0.25) is 5.91 Å². The molecule has 1 saturated carbocycles. The quantitative estimate of drug-likeness (QED) is 0.761. The Kier molecular flexibility index (Phi) is 5.74. The summed E-state index contributed by atoms with van der Waals surface area (Å²) in [4.78, 5) is 23.5. The van der Waals surface area contributed by atoms with Crippen molar-refractivity contribution in [3.8, 4) is 0 Å². The molecular formula is C22H29N5O. The van der Waals surface area contributed by atoms with Gasteiger partial charge < -0.3 is 15.5 Å². The van der Waals surface area contributed by atoms with E-state index in [0.29, 0.717) is 18.4 Å². The van der Waals surface area contributed by atoms with Crippen LogP contribution in [0.25, 0.3) is 0 Å². The molecule has 0 unspecified atom stereocenters. The predicted molar refractivity (Wildman–Crippen MR) is 113 cm³/mol. The molecule has 2 aromatic rings. The molecule has 2 N–H and O–H groups in total. The summed E-state index contributed by atoms with van der Waals surface area (Å²) < 4.78 is 0. The van der Waals surface area contributed by atoms with Crippen molar-refractivity contribution in [3.05, 3.63) is 42.2 Å². The van der Waals surface area contributed by atoms with Crippen LogP contribution < -0.4 is 15.5 Å². The molecule has 6 nitrogen and oxygen atoms in total. The summed E-state index contributed by atoms with van der Waals surface area (Å²) >= 11 is 0. The fourth-order valence-corrected chi connectivity index (χ4v) is 3.81. The maximum Gasteiger partial charge on any atom is 0.224 e. The SMILES string of the molecule is Cc1ccccc1NC(=O)CC[C@@H]1CCCN(c2cc(NC3CC3)ncn2)C1. The molecule has 0 spiro atoms. The third kappa shape index (κ3) is 5.00. The van der Waals surface area contributed by atoms with E-state index in [2.05, 4.69) is 31.6 Å². The lowest BCUT2D eigenvalue weighted by Gasteiger charge is -2.33. The van der Waals surface area contributed by atoms with E-state index in [1.54, 1.807) is 6.33 Å². The van der Waals surface area contributed by atoms with Crippen molar-refractivity contribution in [3.63, 3.8) is 0 Å². The molecule has 1 aromatic carbocycles. The number of nitrogens with one attached hydrogen (secondary N) is 2. The smallest absolute Gasteiger partial charge is 0.224 e. The topological polar surface area (TPSA) is 70.2 Å². The molecule has 2 heterocycles. The summed E-state index contributed by atoms with van der Waals surface area (Å²) in [5, 5.41) is 6.49. The summed E-state index contributed by atoms with van der Waals surface area (Å²) in [6.45, 7) is 3.99. The molecule has 2 aliphatic rings. The van der Waals surface area contributed by atoms with Crippen LogP contribution in [-0.4, -0.2) is 35.0 Å². The van der Waals surface area contributed by atoms with Gasteiger partial charge >= 0.3 is 0 Å². The van der Waals surface area contributed by atoms with Gasteiger partial charge in [-0.05, 0) is 56.6 Å². The lowest BCUT2D eigenvalue weighted by Crippen LogP contribution is -2.36. The summed E-state index contributed by atoms with van der Waals surface area (Å²) in [5.74, 6) is 2.54. The number of piperidine rings is 1. The van der Waals surface area contributed by atoms with Gasteiger partial charge in [-0.2, -0.15) is 0 Å². The first kappa shape index (κ1) is 18.7. The van der Waals surface area contributed by atoms with Gasteiger partial charge in [0.15, 0.2) is 0 Å². The molecule has 1 saturated heterocycles. The van der Waals surface area contributed by atoms with Crippen LogP contribution in [0.3, 0.4) is 0 Å². The number of anilines is 3. The molecule has 1 atom stereocenters. The zero-order valence-electron chi connectivity index (χ0n) is 16.5. The molecule has 0 bridgehead atoms. The summed E-state index contributed by atoms with van der Waals surface area (Å²) in [6.07, 6.45) is 7.90. The highest BCUT2D eigenvalue weighted by Gasteiger charge is 2.24. The number of benzene rings is 1. The van der Waals surface area contributed by atoms with Gasteiger partial charge in [-0.15, -0.1) is 0 Å². The molecule has 6 heteroatoms. The maximum absolute atomic E-state index is 12.4. The molecule has 1 amide bonds. The van der Waals surface area contributed by atoms with Crippen molar-refractivity contribution in [2.75, 3.05) is 28.6 Å². The highest BCUT2D eigenvalue weighted by atomic mass is 16.1. The number of nitrogens with zero attached hydrogens (tertiary/aromatic N) is 3. The van der Waals surface area contributed by atoms with E-state index in [4.69, 9.17) is 0 Å². The van der Waals surface area contributed by atoms with Crippen molar-refractivity contribution in [2.24, 2.45) is 5.92 Å². The van der Waals surface area contributed by atoms with Crippen LogP contribution in [0, 0.1) is 12.8 Å². The minimum absolute atomic E-state index is 0.101. The molecule has 148 valence electrons. The van der Waals surface area contributed by atoms with E-state index in [0.717, 1.165) is 48.8 Å². The minimum atomic E-state index is 0.101. The summed E-state index contributed by atoms with van der Waals surface area (Å²) in [5.41, 5.74) is 2.01. The van der Waals surface area contributed by atoms with Crippen LogP contribution in [0.5, 0.6) is 0 Å². The third-order valence-electron chi connectivity index (χ3n) is 5.62. The molecule has 2 fully saturated rings. The summed E-state index contributed by atoms with van der Waals surface area (Å²) in [6, 6.07) is 10.6. The van der Waals surface area contributed by atoms with Crippen LogP contribution in [0.1, 0.15) is 44.1 Å². The molecule has 28 heavy (non-hydrogen) atoms. The number of aromatic nitrogens is 2. The normalized spacial score (nSPS) is 19.3. The fourth-order valence-electron chi connectivity index (χ4n) is 3.81. The van der Waals surface area contributed by atoms with Gasteiger partial charge in [0.05, 0.1) is 0 Å². The van der Waals surface area contributed by atoms with E-state index < -0.39 is 0 Å². The van der Waals surface area contributed by atoms with E-state index >= 15 is 0 Å².